The molecule has 0 fully saturated rings. The molecule has 0 aromatic carbocycles. The maximum Gasteiger partial charge on any atom is 0.417 e. The molecular weight excluding hydrogens is 233 g/mol. The minimum Gasteiger partial charge on any atom is -0.166 e. The normalized spacial score (nSPS) is 12.1. The van der Waals surface area contributed by atoms with E-state index in [0.29, 0.717) is 12.0 Å². The third-order valence-electron chi connectivity index (χ3n) is 2.37. The molecule has 0 radical (unpaired) electrons. The average molecular weight is 248 g/mol. The highest BCUT2D eigenvalue weighted by atomic mass is 32.1. The Labute approximate surface area is 97.8 Å². The van der Waals surface area contributed by atoms with Crippen molar-refractivity contribution in [1.29, 1.82) is 0 Å². The maximum atomic E-state index is 12.7. The first-order valence-electron chi connectivity index (χ1n) is 5.16. The number of allylic oxidation sites excluding steroid dienone is 1. The Kier molecular flexibility index (Phi) is 4.19. The molecule has 1 rings (SSSR count). The number of hydrogen-bond donors (Lipinski definition) is 0. The Morgan fingerprint density at radius 1 is 1.44 bits per heavy atom. The first-order chi connectivity index (χ1) is 7.38. The van der Waals surface area contributed by atoms with Crippen molar-refractivity contribution in [2.45, 2.75) is 38.8 Å². The third kappa shape index (κ3) is 2.88. The van der Waals surface area contributed by atoms with E-state index in [2.05, 4.69) is 6.58 Å². The molecule has 0 N–H and O–H groups in total. The Morgan fingerprint density at radius 3 is 2.50 bits per heavy atom. The summed E-state index contributed by atoms with van der Waals surface area (Å²) in [6, 6.07) is 0. The van der Waals surface area contributed by atoms with Crippen LogP contribution in [0.3, 0.4) is 0 Å². The molecule has 0 atom stereocenters. The second-order valence-corrected chi connectivity index (χ2v) is 4.93. The zero-order chi connectivity index (χ0) is 12.3. The summed E-state index contributed by atoms with van der Waals surface area (Å²) >= 11 is 1.20. The highest BCUT2D eigenvalue weighted by molar-refractivity contribution is 7.10. The predicted octanol–water partition coefficient (Wildman–Crippen LogP) is 5.01. The second kappa shape index (κ2) is 5.04. The van der Waals surface area contributed by atoms with E-state index < -0.39 is 11.7 Å². The lowest BCUT2D eigenvalue weighted by molar-refractivity contribution is -0.138. The van der Waals surface area contributed by atoms with Gasteiger partial charge in [-0.15, -0.1) is 17.9 Å². The fourth-order valence-electron chi connectivity index (χ4n) is 1.69. The van der Waals surface area contributed by atoms with Crippen LogP contribution in [0.5, 0.6) is 0 Å². The summed E-state index contributed by atoms with van der Waals surface area (Å²) in [5.41, 5.74) is -0.00841. The predicted molar refractivity (Wildman–Crippen MR) is 61.9 cm³/mol. The van der Waals surface area contributed by atoms with Crippen LogP contribution >= 0.6 is 11.3 Å². The molecule has 0 aliphatic carbocycles. The molecule has 1 aromatic heterocycles. The van der Waals surface area contributed by atoms with Crippen molar-refractivity contribution < 1.29 is 13.2 Å². The molecule has 0 spiro atoms. The fourth-order valence-corrected chi connectivity index (χ4v) is 2.92. The fraction of sp³-hybridized carbons (Fsp3) is 0.500. The lowest BCUT2D eigenvalue weighted by atomic mass is 9.97. The van der Waals surface area contributed by atoms with Crippen LogP contribution in [-0.4, -0.2) is 0 Å². The summed E-state index contributed by atoms with van der Waals surface area (Å²) in [6.07, 6.45) is -1.13. The van der Waals surface area contributed by atoms with E-state index in [0.717, 1.165) is 11.3 Å². The van der Waals surface area contributed by atoms with Gasteiger partial charge >= 0.3 is 6.18 Å². The van der Waals surface area contributed by atoms with E-state index in [4.69, 9.17) is 0 Å². The molecule has 0 saturated carbocycles. The number of alkyl halides is 3. The smallest absolute Gasteiger partial charge is 0.166 e. The van der Waals surface area contributed by atoms with Gasteiger partial charge in [0.1, 0.15) is 0 Å². The van der Waals surface area contributed by atoms with E-state index in [1.54, 1.807) is 19.9 Å². The minimum absolute atomic E-state index is 0.0947. The Balaban J connectivity index is 3.12. The number of hydrogen-bond acceptors (Lipinski definition) is 1. The van der Waals surface area contributed by atoms with Gasteiger partial charge in [-0.3, -0.25) is 0 Å². The van der Waals surface area contributed by atoms with Gasteiger partial charge in [0, 0.05) is 10.3 Å². The van der Waals surface area contributed by atoms with E-state index in [1.165, 1.54) is 16.7 Å². The largest absolute Gasteiger partial charge is 0.417 e. The lowest BCUT2D eigenvalue weighted by Gasteiger charge is -2.13. The van der Waals surface area contributed by atoms with Gasteiger partial charge in [0.15, 0.2) is 0 Å². The monoisotopic (exact) mass is 248 g/mol. The van der Waals surface area contributed by atoms with Crippen LogP contribution in [0.4, 0.5) is 13.2 Å². The highest BCUT2D eigenvalue weighted by Crippen LogP contribution is 2.40. The van der Waals surface area contributed by atoms with Crippen molar-refractivity contribution in [3.8, 4) is 0 Å². The summed E-state index contributed by atoms with van der Waals surface area (Å²) in [4.78, 5) is 0.835. The van der Waals surface area contributed by atoms with Crippen molar-refractivity contribution in [1.82, 2.24) is 0 Å². The van der Waals surface area contributed by atoms with Crippen molar-refractivity contribution >= 4 is 11.3 Å². The van der Waals surface area contributed by atoms with Gasteiger partial charge in [-0.25, -0.2) is 0 Å². The molecule has 0 nitrogen and oxygen atoms in total. The summed E-state index contributed by atoms with van der Waals surface area (Å²) in [5, 5.41) is 1.23. The van der Waals surface area contributed by atoms with E-state index in [9.17, 15) is 13.2 Å². The molecule has 0 aliphatic rings. The first-order valence-corrected chi connectivity index (χ1v) is 6.04. The number of rotatable bonds is 4. The van der Waals surface area contributed by atoms with Crippen molar-refractivity contribution in [3.63, 3.8) is 0 Å². The molecule has 0 unspecified atom stereocenters. The van der Waals surface area contributed by atoms with Gasteiger partial charge in [0.25, 0.3) is 0 Å². The molecule has 16 heavy (non-hydrogen) atoms. The van der Waals surface area contributed by atoms with Crippen molar-refractivity contribution in [2.24, 2.45) is 0 Å². The van der Waals surface area contributed by atoms with Gasteiger partial charge in [-0.05, 0) is 24.3 Å². The Hall–Kier alpha value is -0.770. The zero-order valence-electron chi connectivity index (χ0n) is 9.40. The van der Waals surface area contributed by atoms with Crippen LogP contribution in [-0.2, 0) is 12.6 Å². The van der Waals surface area contributed by atoms with Crippen LogP contribution in [0.25, 0.3) is 0 Å². The van der Waals surface area contributed by atoms with Crippen LogP contribution in [0.2, 0.25) is 0 Å². The van der Waals surface area contributed by atoms with Crippen LogP contribution in [0, 0.1) is 0 Å². The summed E-state index contributed by atoms with van der Waals surface area (Å²) in [5.74, 6) is -0.0947. The Bertz CT molecular complexity index is 361. The lowest BCUT2D eigenvalue weighted by Crippen LogP contribution is -2.08. The van der Waals surface area contributed by atoms with Gasteiger partial charge in [-0.2, -0.15) is 13.2 Å². The number of halogens is 3. The van der Waals surface area contributed by atoms with Gasteiger partial charge in [0.2, 0.25) is 0 Å². The SMILES string of the molecule is C=CCCc1scc(C(F)(F)F)c1C(C)C. The number of aryl methyl sites for hydroxylation is 1. The molecule has 1 aromatic rings. The molecule has 4 heteroatoms. The van der Waals surface area contributed by atoms with Crippen molar-refractivity contribution in [2.75, 3.05) is 0 Å². The number of thiophene rings is 1. The summed E-state index contributed by atoms with van der Waals surface area (Å²) < 4.78 is 38.2. The minimum atomic E-state index is -4.23. The van der Waals surface area contributed by atoms with E-state index in [1.807, 2.05) is 0 Å². The van der Waals surface area contributed by atoms with Crippen LogP contribution in [0.15, 0.2) is 18.0 Å². The zero-order valence-corrected chi connectivity index (χ0v) is 10.2. The Morgan fingerprint density at radius 2 is 2.06 bits per heavy atom. The molecule has 0 bridgehead atoms. The third-order valence-corrected chi connectivity index (χ3v) is 3.43. The molecular formula is C12H15F3S. The first kappa shape index (κ1) is 13.3. The van der Waals surface area contributed by atoms with Crippen LogP contribution in [0.1, 0.15) is 42.2 Å². The maximum absolute atomic E-state index is 12.7. The molecule has 90 valence electrons. The van der Waals surface area contributed by atoms with Crippen LogP contribution < -0.4 is 0 Å². The molecule has 1 heterocycles. The quantitative estimate of drug-likeness (QED) is 0.657. The van der Waals surface area contributed by atoms with Gasteiger partial charge < -0.3 is 0 Å². The summed E-state index contributed by atoms with van der Waals surface area (Å²) in [7, 11) is 0. The molecule has 0 saturated heterocycles. The van der Waals surface area contributed by atoms with E-state index >= 15 is 0 Å². The van der Waals surface area contributed by atoms with E-state index in [-0.39, 0.29) is 5.92 Å². The highest BCUT2D eigenvalue weighted by Gasteiger charge is 2.36. The molecule has 0 amide bonds. The topological polar surface area (TPSA) is 0 Å². The second-order valence-electron chi connectivity index (χ2n) is 3.97. The molecule has 0 aliphatic heterocycles. The summed E-state index contributed by atoms with van der Waals surface area (Å²) in [6.45, 7) is 7.19. The average Bonchev–Trinajstić information content (AvgIpc) is 2.57. The van der Waals surface area contributed by atoms with Crippen molar-refractivity contribution in [3.05, 3.63) is 34.0 Å². The van der Waals surface area contributed by atoms with Gasteiger partial charge in [-0.1, -0.05) is 19.9 Å². The standard InChI is InChI=1S/C12H15F3S/c1-4-5-6-10-11(8(2)3)9(7-16-10)12(13,14)15/h4,7-8H,1,5-6H2,2-3H3. The van der Waals surface area contributed by atoms with Gasteiger partial charge in [0.05, 0.1) is 5.56 Å².